The van der Waals surface area contributed by atoms with Gasteiger partial charge in [-0.25, -0.2) is 0 Å². The van der Waals surface area contributed by atoms with Gasteiger partial charge in [0.1, 0.15) is 6.07 Å². The summed E-state index contributed by atoms with van der Waals surface area (Å²) >= 11 is 4.85. The Kier molecular flexibility index (Phi) is 3.56. The van der Waals surface area contributed by atoms with Crippen molar-refractivity contribution in [2.75, 3.05) is 6.07 Å². The molecule has 0 heterocycles. The van der Waals surface area contributed by atoms with Gasteiger partial charge in [-0.15, -0.1) is 0 Å². The fourth-order valence-electron chi connectivity index (χ4n) is 0.0563. The molecule has 0 rings (SSSR count). The second-order valence-corrected chi connectivity index (χ2v) is 0.820. The van der Waals surface area contributed by atoms with Gasteiger partial charge in [-0.2, -0.15) is 0 Å². The highest BCUT2D eigenvalue weighted by Gasteiger charge is 2.04. The van der Waals surface area contributed by atoms with E-state index in [1.54, 1.807) is 0 Å². The summed E-state index contributed by atoms with van der Waals surface area (Å²) in [6.07, 6.45) is 0. The molecule has 0 amide bonds. The van der Waals surface area contributed by atoms with Gasteiger partial charge < -0.3 is 14.7 Å². The molecule has 0 fully saturated rings. The minimum atomic E-state index is -1.73. The maximum absolute atomic E-state index is 7.80. The Bertz CT molecular complexity index is 32.0. The standard InChI is InChI=1S/CH4BClO3/c3-1-6-2(4)5/h4-5H,1H2. The van der Waals surface area contributed by atoms with Gasteiger partial charge in [0.15, 0.2) is 0 Å². The SMILES string of the molecule is OB(O)OCCl. The highest BCUT2D eigenvalue weighted by molar-refractivity contribution is 6.34. The molecule has 0 aromatic carbocycles. The van der Waals surface area contributed by atoms with Crippen LogP contribution in [0.5, 0.6) is 0 Å². The zero-order chi connectivity index (χ0) is 4.99. The number of hydrogen-bond donors (Lipinski definition) is 2. The number of rotatable bonds is 2. The Balaban J connectivity index is 2.63. The molecular weight excluding hydrogens is 106 g/mol. The minimum absolute atomic E-state index is 0.197. The first-order chi connectivity index (χ1) is 2.77. The smallest absolute Gasteiger partial charge is 0.402 e. The summed E-state index contributed by atoms with van der Waals surface area (Å²) in [4.78, 5) is 0. The third-order valence-corrected chi connectivity index (χ3v) is 0.338. The van der Waals surface area contributed by atoms with Gasteiger partial charge in [0.2, 0.25) is 0 Å². The Labute approximate surface area is 40.7 Å². The van der Waals surface area contributed by atoms with Gasteiger partial charge >= 0.3 is 7.32 Å². The number of alkyl halides is 1. The van der Waals surface area contributed by atoms with Crippen molar-refractivity contribution in [3.05, 3.63) is 0 Å². The molecule has 3 nitrogen and oxygen atoms in total. The summed E-state index contributed by atoms with van der Waals surface area (Å²) in [5.41, 5.74) is 0. The second kappa shape index (κ2) is 3.43. The van der Waals surface area contributed by atoms with Crippen LogP contribution in [0.3, 0.4) is 0 Å². The number of halogens is 1. The van der Waals surface area contributed by atoms with E-state index in [-0.39, 0.29) is 6.07 Å². The van der Waals surface area contributed by atoms with E-state index in [1.165, 1.54) is 0 Å². The van der Waals surface area contributed by atoms with Crippen LogP contribution in [0.15, 0.2) is 0 Å². The molecule has 0 aliphatic carbocycles. The second-order valence-electron chi connectivity index (χ2n) is 0.602. The monoisotopic (exact) mass is 110 g/mol. The van der Waals surface area contributed by atoms with Gasteiger partial charge in [-0.05, 0) is 0 Å². The van der Waals surface area contributed by atoms with Crippen molar-refractivity contribution in [1.29, 1.82) is 0 Å². The van der Waals surface area contributed by atoms with E-state index in [4.69, 9.17) is 21.6 Å². The molecule has 0 aromatic heterocycles. The summed E-state index contributed by atoms with van der Waals surface area (Å²) in [5, 5.41) is 15.6. The van der Waals surface area contributed by atoms with Crippen molar-refractivity contribution in [2.45, 2.75) is 0 Å². The normalized spacial score (nSPS) is 8.50. The van der Waals surface area contributed by atoms with Gasteiger partial charge in [-0.3, -0.25) is 0 Å². The molecule has 0 saturated carbocycles. The molecule has 36 valence electrons. The van der Waals surface area contributed by atoms with Crippen molar-refractivity contribution in [3.8, 4) is 0 Å². The molecule has 0 atom stereocenters. The van der Waals surface area contributed by atoms with Crippen molar-refractivity contribution in [2.24, 2.45) is 0 Å². The summed E-state index contributed by atoms with van der Waals surface area (Å²) in [5.74, 6) is 0. The van der Waals surface area contributed by atoms with E-state index in [9.17, 15) is 0 Å². The Hall–Kier alpha value is 0.235. The highest BCUT2D eigenvalue weighted by Crippen LogP contribution is 1.76. The lowest BCUT2D eigenvalue weighted by Gasteiger charge is -1.90. The van der Waals surface area contributed by atoms with Gasteiger partial charge in [0, 0.05) is 0 Å². The fourth-order valence-corrected chi connectivity index (χ4v) is 0.169. The van der Waals surface area contributed by atoms with Gasteiger partial charge in [0.25, 0.3) is 0 Å². The predicted octanol–water partition coefficient (Wildman–Crippen LogP) is -0.831. The van der Waals surface area contributed by atoms with Crippen molar-refractivity contribution in [3.63, 3.8) is 0 Å². The highest BCUT2D eigenvalue weighted by atomic mass is 35.5. The minimum Gasteiger partial charge on any atom is -0.402 e. The van der Waals surface area contributed by atoms with E-state index in [1.807, 2.05) is 0 Å². The molecule has 0 bridgehead atoms. The molecule has 0 unspecified atom stereocenters. The van der Waals surface area contributed by atoms with Crippen LogP contribution in [0.25, 0.3) is 0 Å². The molecule has 6 heavy (non-hydrogen) atoms. The maximum Gasteiger partial charge on any atom is 0.634 e. The molecule has 2 N–H and O–H groups in total. The van der Waals surface area contributed by atoms with Crippen LogP contribution >= 0.6 is 11.6 Å². The maximum atomic E-state index is 7.80. The summed E-state index contributed by atoms with van der Waals surface area (Å²) in [7, 11) is -1.73. The summed E-state index contributed by atoms with van der Waals surface area (Å²) in [6, 6.07) is -0.197. The first-order valence-electron chi connectivity index (χ1n) is 1.31. The van der Waals surface area contributed by atoms with Crippen molar-refractivity contribution < 1.29 is 14.7 Å². The molecule has 5 heteroatoms. The molecule has 0 spiro atoms. The first-order valence-corrected chi connectivity index (χ1v) is 1.84. The number of hydrogen-bond acceptors (Lipinski definition) is 3. The lowest BCUT2D eigenvalue weighted by Crippen LogP contribution is -2.15. The fraction of sp³-hybridized carbons (Fsp3) is 1.00. The Morgan fingerprint density at radius 2 is 2.17 bits per heavy atom. The van der Waals surface area contributed by atoms with Crippen LogP contribution in [0.2, 0.25) is 0 Å². The zero-order valence-corrected chi connectivity index (χ0v) is 3.72. The topological polar surface area (TPSA) is 49.7 Å². The van der Waals surface area contributed by atoms with E-state index >= 15 is 0 Å². The van der Waals surface area contributed by atoms with E-state index in [2.05, 4.69) is 4.65 Å². The molecule has 0 saturated heterocycles. The lowest BCUT2D eigenvalue weighted by molar-refractivity contribution is 0.218. The van der Waals surface area contributed by atoms with Crippen LogP contribution in [-0.4, -0.2) is 23.4 Å². The lowest BCUT2D eigenvalue weighted by atomic mass is 10.3. The van der Waals surface area contributed by atoms with Gasteiger partial charge in [0.05, 0.1) is 0 Å². The Morgan fingerprint density at radius 3 is 2.17 bits per heavy atom. The third-order valence-electron chi connectivity index (χ3n) is 0.212. The molecule has 0 aromatic rings. The molecular formula is CH4BClO3. The van der Waals surface area contributed by atoms with E-state index < -0.39 is 7.32 Å². The quantitative estimate of drug-likeness (QED) is 0.360. The predicted molar refractivity (Wildman–Crippen MR) is 22.0 cm³/mol. The third kappa shape index (κ3) is 4.23. The van der Waals surface area contributed by atoms with Gasteiger partial charge in [-0.1, -0.05) is 11.6 Å². The molecule has 0 aliphatic rings. The Morgan fingerprint density at radius 1 is 1.67 bits per heavy atom. The average Bonchev–Trinajstić information content (AvgIpc) is 1.35. The van der Waals surface area contributed by atoms with Crippen LogP contribution in [0.1, 0.15) is 0 Å². The largest absolute Gasteiger partial charge is 0.634 e. The van der Waals surface area contributed by atoms with Crippen LogP contribution in [0, 0.1) is 0 Å². The van der Waals surface area contributed by atoms with E-state index in [0.717, 1.165) is 0 Å². The van der Waals surface area contributed by atoms with Crippen molar-refractivity contribution >= 4 is 18.9 Å². The van der Waals surface area contributed by atoms with E-state index in [0.29, 0.717) is 0 Å². The van der Waals surface area contributed by atoms with Crippen LogP contribution < -0.4 is 0 Å². The van der Waals surface area contributed by atoms with Crippen LogP contribution in [-0.2, 0) is 4.65 Å². The summed E-state index contributed by atoms with van der Waals surface area (Å²) in [6.45, 7) is 0. The van der Waals surface area contributed by atoms with Crippen LogP contribution in [0.4, 0.5) is 0 Å². The summed E-state index contributed by atoms with van der Waals surface area (Å²) < 4.78 is 3.92. The molecule has 0 radical (unpaired) electrons. The average molecular weight is 110 g/mol. The first kappa shape index (κ1) is 6.23. The molecule has 0 aliphatic heterocycles. The zero-order valence-electron chi connectivity index (χ0n) is 2.97. The van der Waals surface area contributed by atoms with Crippen molar-refractivity contribution in [1.82, 2.24) is 0 Å².